The maximum absolute atomic E-state index is 11.7. The number of aromatic amines is 1. The Morgan fingerprint density at radius 3 is 3.10 bits per heavy atom. The summed E-state index contributed by atoms with van der Waals surface area (Å²) in [5.74, 6) is -0.0955. The van der Waals surface area contributed by atoms with Gasteiger partial charge in [0.05, 0.1) is 21.7 Å². The molecule has 1 saturated heterocycles. The van der Waals surface area contributed by atoms with Crippen molar-refractivity contribution in [1.29, 1.82) is 0 Å². The number of hydrogen-bond donors (Lipinski definition) is 4. The fourth-order valence-corrected chi connectivity index (χ4v) is 2.10. The van der Waals surface area contributed by atoms with E-state index in [0.29, 0.717) is 0 Å². The smallest absolute Gasteiger partial charge is 0.280 e. The Morgan fingerprint density at radius 2 is 2.45 bits per heavy atom. The van der Waals surface area contributed by atoms with Crippen molar-refractivity contribution in [2.45, 2.75) is 24.9 Å². The molecular weight excluding hydrogens is 270 g/mol. The summed E-state index contributed by atoms with van der Waals surface area (Å²) in [6.45, 7) is -2.69. The zero-order chi connectivity index (χ0) is 15.4. The monoisotopic (exact) mass is 287 g/mol. The quantitative estimate of drug-likeness (QED) is 0.473. The number of fused-ring (bicyclic) bond motifs is 1. The largest absolute Gasteiger partial charge is 0.412 e. The summed E-state index contributed by atoms with van der Waals surface area (Å²) in [6, 6.07) is 0. The number of ether oxygens (including phenoxy) is 1. The molecule has 0 unspecified atom stereocenters. The number of aliphatic hydroxyl groups excluding tert-OH is 1. The number of nitrogen functional groups attached to an aromatic ring is 1. The molecule has 0 aromatic carbocycles. The number of H-pyrrole nitrogens is 1. The van der Waals surface area contributed by atoms with Crippen LogP contribution >= 0.6 is 0 Å². The lowest BCUT2D eigenvalue weighted by atomic mass is 10.2. The predicted octanol–water partition coefficient (Wildman–Crippen LogP) is -2.48. The van der Waals surface area contributed by atoms with Crippen molar-refractivity contribution in [3.8, 4) is 0 Å². The molecule has 1 aliphatic heterocycles. The molecule has 0 radical (unpaired) electrons. The first-order chi connectivity index (χ1) is 9.77. The molecule has 3 heterocycles. The van der Waals surface area contributed by atoms with E-state index < -0.39 is 30.6 Å². The van der Waals surface area contributed by atoms with Crippen molar-refractivity contribution in [1.82, 2.24) is 19.5 Å². The fourth-order valence-electron chi connectivity index (χ4n) is 2.10. The molecule has 0 bridgehead atoms. The molecule has 10 heteroatoms. The van der Waals surface area contributed by atoms with Gasteiger partial charge < -0.3 is 26.2 Å². The summed E-state index contributed by atoms with van der Waals surface area (Å²) in [4.78, 5) is 21.8. The van der Waals surface area contributed by atoms with Gasteiger partial charge in [-0.05, 0) is 0 Å². The molecule has 110 valence electrons. The van der Waals surface area contributed by atoms with Gasteiger partial charge >= 0.3 is 0 Å². The van der Waals surface area contributed by atoms with E-state index in [2.05, 4.69) is 15.0 Å². The summed E-state index contributed by atoms with van der Waals surface area (Å²) in [6.07, 6.45) is -2.11. The van der Waals surface area contributed by atoms with Gasteiger partial charge in [-0.15, -0.1) is 0 Å². The van der Waals surface area contributed by atoms with Gasteiger partial charge in [-0.2, -0.15) is 4.98 Å². The summed E-state index contributed by atoms with van der Waals surface area (Å²) < 4.78 is 21.2. The molecule has 2 aromatic rings. The van der Waals surface area contributed by atoms with E-state index in [-0.39, 0.29) is 29.0 Å². The lowest BCUT2D eigenvalue weighted by Gasteiger charge is -2.13. The van der Waals surface area contributed by atoms with Crippen LogP contribution in [-0.4, -0.2) is 54.0 Å². The van der Waals surface area contributed by atoms with Crippen molar-refractivity contribution >= 4 is 17.1 Å². The third kappa shape index (κ3) is 2.14. The fraction of sp³-hybridized carbons (Fsp3) is 0.500. The number of hydrogen-bond acceptors (Lipinski definition) is 7. The van der Waals surface area contributed by atoms with Crippen molar-refractivity contribution < 1.29 is 23.2 Å². The Kier molecular flexibility index (Phi) is 3.05. The Bertz CT molecular complexity index is 741. The number of nitrogens with two attached hydrogens (primary N) is 1. The van der Waals surface area contributed by atoms with Gasteiger partial charge in [0.25, 0.3) is 5.56 Å². The third-order valence-electron chi connectivity index (χ3n) is 2.98. The zero-order valence-electron chi connectivity index (χ0n) is 12.1. The summed E-state index contributed by atoms with van der Waals surface area (Å²) in [7, 11) is 0. The molecule has 0 amide bonds. The number of anilines is 1. The van der Waals surface area contributed by atoms with E-state index >= 15 is 0 Å². The minimum atomic E-state index is -2.69. The molecule has 0 aliphatic carbocycles. The van der Waals surface area contributed by atoms with Crippen molar-refractivity contribution in [3.63, 3.8) is 0 Å². The molecule has 2 aromatic heterocycles. The minimum absolute atomic E-state index is 0. The van der Waals surface area contributed by atoms with Crippen LogP contribution in [0.2, 0.25) is 0 Å². The van der Waals surface area contributed by atoms with Crippen LogP contribution in [0.4, 0.5) is 5.95 Å². The molecular formula is C10H15N5O5. The van der Waals surface area contributed by atoms with Crippen LogP contribution in [-0.2, 0) is 4.74 Å². The second kappa shape index (κ2) is 5.17. The van der Waals surface area contributed by atoms with Crippen molar-refractivity contribution in [2.75, 3.05) is 12.3 Å². The molecule has 0 saturated carbocycles. The Hall–Kier alpha value is -2.01. The average molecular weight is 287 g/mol. The highest BCUT2D eigenvalue weighted by atomic mass is 16.5. The van der Waals surface area contributed by atoms with E-state index in [0.717, 1.165) is 0 Å². The SMILES string of the molecule is O.[2H]C([2H])(O)[C@H]1O[C@@H](n2cnc3c(=O)[nH]c(N)nc32)C[C@@H]1O. The van der Waals surface area contributed by atoms with Crippen LogP contribution < -0.4 is 11.3 Å². The Morgan fingerprint density at radius 1 is 1.70 bits per heavy atom. The lowest BCUT2D eigenvalue weighted by Crippen LogP contribution is -2.24. The maximum Gasteiger partial charge on any atom is 0.280 e. The van der Waals surface area contributed by atoms with E-state index in [4.69, 9.17) is 13.2 Å². The first-order valence-electron chi connectivity index (χ1n) is 6.55. The van der Waals surface area contributed by atoms with Gasteiger partial charge in [0.15, 0.2) is 11.2 Å². The van der Waals surface area contributed by atoms with E-state index in [9.17, 15) is 15.0 Å². The van der Waals surface area contributed by atoms with Gasteiger partial charge in [0.2, 0.25) is 5.95 Å². The maximum atomic E-state index is 11.7. The van der Waals surface area contributed by atoms with Gasteiger partial charge in [-0.3, -0.25) is 14.3 Å². The topological polar surface area (TPSA) is 171 Å². The minimum Gasteiger partial charge on any atom is -0.412 e. The molecule has 3 rings (SSSR count). The highest BCUT2D eigenvalue weighted by Gasteiger charge is 2.35. The second-order valence-corrected chi connectivity index (χ2v) is 4.22. The summed E-state index contributed by atoms with van der Waals surface area (Å²) in [5.41, 5.74) is 5.18. The Labute approximate surface area is 115 Å². The molecule has 20 heavy (non-hydrogen) atoms. The summed E-state index contributed by atoms with van der Waals surface area (Å²) in [5, 5.41) is 19.1. The standard InChI is InChI=1S/C10H13N5O4.H2O/c11-10-13-8-7(9(18)14-10)12-3-15(8)6-1-4(17)5(2-16)19-6;/h3-6,16-17H,1-2H2,(H3,11,13,14,18);1H2/t4-,5+,6+;/m0./s1/i2D2;. The van der Waals surface area contributed by atoms with Crippen LogP contribution in [0.15, 0.2) is 11.1 Å². The van der Waals surface area contributed by atoms with Crippen LogP contribution in [0.3, 0.4) is 0 Å². The van der Waals surface area contributed by atoms with Crippen molar-refractivity contribution in [2.24, 2.45) is 0 Å². The highest BCUT2D eigenvalue weighted by Crippen LogP contribution is 2.30. The van der Waals surface area contributed by atoms with Crippen LogP contribution in [0.5, 0.6) is 0 Å². The molecule has 3 atom stereocenters. The van der Waals surface area contributed by atoms with Gasteiger partial charge in [0, 0.05) is 6.42 Å². The number of nitrogens with zero attached hydrogens (tertiary/aromatic N) is 3. The predicted molar refractivity (Wildman–Crippen MR) is 67.8 cm³/mol. The second-order valence-electron chi connectivity index (χ2n) is 4.22. The third-order valence-corrected chi connectivity index (χ3v) is 2.98. The molecule has 1 aliphatic rings. The van der Waals surface area contributed by atoms with Gasteiger partial charge in [-0.1, -0.05) is 0 Å². The molecule has 10 nitrogen and oxygen atoms in total. The highest BCUT2D eigenvalue weighted by molar-refractivity contribution is 5.70. The van der Waals surface area contributed by atoms with E-state index in [1.807, 2.05) is 0 Å². The van der Waals surface area contributed by atoms with E-state index in [1.165, 1.54) is 10.9 Å². The first-order valence-corrected chi connectivity index (χ1v) is 5.55. The lowest BCUT2D eigenvalue weighted by molar-refractivity contribution is -0.0432. The van der Waals surface area contributed by atoms with Crippen molar-refractivity contribution in [3.05, 3.63) is 16.7 Å². The van der Waals surface area contributed by atoms with Crippen LogP contribution in [0.1, 0.15) is 15.4 Å². The number of aliphatic hydroxyl groups is 2. The molecule has 7 N–H and O–H groups in total. The van der Waals surface area contributed by atoms with Gasteiger partial charge in [0.1, 0.15) is 12.3 Å². The van der Waals surface area contributed by atoms with Crippen LogP contribution in [0.25, 0.3) is 11.2 Å². The molecule has 1 fully saturated rings. The van der Waals surface area contributed by atoms with Gasteiger partial charge in [-0.25, -0.2) is 4.98 Å². The zero-order valence-corrected chi connectivity index (χ0v) is 10.1. The first kappa shape index (κ1) is 11.8. The van der Waals surface area contributed by atoms with Crippen LogP contribution in [0, 0.1) is 0 Å². The summed E-state index contributed by atoms with van der Waals surface area (Å²) >= 11 is 0. The normalized spacial score (nSPS) is 28.0. The molecule has 0 spiro atoms. The Balaban J connectivity index is 0.00000176. The number of aromatic nitrogens is 4. The average Bonchev–Trinajstić information content (AvgIpc) is 2.91. The number of nitrogens with one attached hydrogen (secondary N) is 1. The van der Waals surface area contributed by atoms with E-state index in [1.54, 1.807) is 0 Å². The number of rotatable bonds is 2. The number of imidazole rings is 1.